The summed E-state index contributed by atoms with van der Waals surface area (Å²) >= 11 is 0. The van der Waals surface area contributed by atoms with Crippen molar-refractivity contribution >= 4 is 11.6 Å². The Balaban J connectivity index is 2.14. The van der Waals surface area contributed by atoms with Crippen molar-refractivity contribution in [3.63, 3.8) is 0 Å². The van der Waals surface area contributed by atoms with E-state index >= 15 is 0 Å². The van der Waals surface area contributed by atoms with Crippen LogP contribution in [0.5, 0.6) is 0 Å². The van der Waals surface area contributed by atoms with Crippen molar-refractivity contribution < 1.29 is 4.79 Å². The highest BCUT2D eigenvalue weighted by molar-refractivity contribution is 5.99. The lowest BCUT2D eigenvalue weighted by Crippen LogP contribution is -2.39. The summed E-state index contributed by atoms with van der Waals surface area (Å²) in [5, 5.41) is 6.84. The maximum Gasteiger partial charge on any atom is 0.255 e. The van der Waals surface area contributed by atoms with Gasteiger partial charge in [0, 0.05) is 32.4 Å². The zero-order valence-corrected chi connectivity index (χ0v) is 11.1. The van der Waals surface area contributed by atoms with E-state index < -0.39 is 0 Å². The predicted octanol–water partition coefficient (Wildman–Crippen LogP) is 1.55. The highest BCUT2D eigenvalue weighted by Gasteiger charge is 2.17. The summed E-state index contributed by atoms with van der Waals surface area (Å²) in [4.78, 5) is 13.7. The van der Waals surface area contributed by atoms with Gasteiger partial charge in [0.05, 0.1) is 5.56 Å². The summed E-state index contributed by atoms with van der Waals surface area (Å²) < 4.78 is 0. The van der Waals surface area contributed by atoms with Gasteiger partial charge >= 0.3 is 0 Å². The molecule has 1 atom stereocenters. The van der Waals surface area contributed by atoms with Gasteiger partial charge in [0.2, 0.25) is 0 Å². The summed E-state index contributed by atoms with van der Waals surface area (Å²) in [5.41, 5.74) is 1.68. The number of nitrogens with one attached hydrogen (secondary N) is 2. The first-order valence-corrected chi connectivity index (χ1v) is 6.46. The minimum Gasteiger partial charge on any atom is -0.380 e. The molecule has 0 spiro atoms. The lowest BCUT2D eigenvalue weighted by molar-refractivity contribution is 0.0828. The molecule has 1 aromatic rings. The molecule has 98 valence electrons. The molecule has 0 radical (unpaired) electrons. The maximum atomic E-state index is 12.1. The Kier molecular flexibility index (Phi) is 4.20. The molecule has 4 nitrogen and oxygen atoms in total. The molecule has 0 aliphatic carbocycles. The lowest BCUT2D eigenvalue weighted by atomic mass is 10.1. The third kappa shape index (κ3) is 3.01. The highest BCUT2D eigenvalue weighted by atomic mass is 16.2. The van der Waals surface area contributed by atoms with Crippen LogP contribution in [0.25, 0.3) is 0 Å². The van der Waals surface area contributed by atoms with E-state index in [1.807, 2.05) is 24.3 Å². The molecule has 1 aliphatic heterocycles. The molecule has 1 fully saturated rings. The van der Waals surface area contributed by atoms with E-state index in [9.17, 15) is 4.79 Å². The summed E-state index contributed by atoms with van der Waals surface area (Å²) in [5.74, 6) is 0.0434. The minimum absolute atomic E-state index is 0.0434. The largest absolute Gasteiger partial charge is 0.380 e. The highest BCUT2D eigenvalue weighted by Crippen LogP contribution is 2.19. The van der Waals surface area contributed by atoms with Crippen molar-refractivity contribution in [2.24, 2.45) is 0 Å². The Labute approximate surface area is 108 Å². The fourth-order valence-electron chi connectivity index (χ4n) is 2.23. The Morgan fingerprint density at radius 3 is 2.83 bits per heavy atom. The van der Waals surface area contributed by atoms with Crippen LogP contribution in [0.15, 0.2) is 24.3 Å². The van der Waals surface area contributed by atoms with Crippen molar-refractivity contribution in [1.29, 1.82) is 0 Å². The maximum absolute atomic E-state index is 12.1. The molecule has 1 unspecified atom stereocenters. The van der Waals surface area contributed by atoms with E-state index in [1.165, 1.54) is 6.42 Å². The molecule has 1 aliphatic rings. The van der Waals surface area contributed by atoms with Crippen molar-refractivity contribution in [3.8, 4) is 0 Å². The number of anilines is 1. The molecule has 0 aromatic heterocycles. The zero-order valence-electron chi connectivity index (χ0n) is 11.1. The predicted molar refractivity (Wildman–Crippen MR) is 74.0 cm³/mol. The first-order chi connectivity index (χ1) is 8.68. The molecule has 2 N–H and O–H groups in total. The van der Waals surface area contributed by atoms with Gasteiger partial charge in [-0.1, -0.05) is 12.1 Å². The van der Waals surface area contributed by atoms with E-state index in [0.29, 0.717) is 6.04 Å². The number of rotatable bonds is 3. The third-order valence-electron chi connectivity index (χ3n) is 3.22. The number of carbonyl (C=O) groups is 1. The fraction of sp³-hybridized carbons (Fsp3) is 0.500. The average Bonchev–Trinajstić information content (AvgIpc) is 2.39. The van der Waals surface area contributed by atoms with Crippen LogP contribution >= 0.6 is 0 Å². The number of benzene rings is 1. The van der Waals surface area contributed by atoms with Gasteiger partial charge in [0.25, 0.3) is 5.91 Å². The van der Waals surface area contributed by atoms with E-state index in [0.717, 1.165) is 30.8 Å². The van der Waals surface area contributed by atoms with Crippen LogP contribution in [-0.2, 0) is 0 Å². The Morgan fingerprint density at radius 1 is 1.39 bits per heavy atom. The van der Waals surface area contributed by atoms with Crippen LogP contribution < -0.4 is 10.6 Å². The van der Waals surface area contributed by atoms with Crippen molar-refractivity contribution in [2.75, 3.05) is 32.5 Å². The van der Waals surface area contributed by atoms with Crippen molar-refractivity contribution in [3.05, 3.63) is 29.8 Å². The number of nitrogens with zero attached hydrogens (tertiary/aromatic N) is 1. The van der Waals surface area contributed by atoms with Gasteiger partial charge in [0.15, 0.2) is 0 Å². The van der Waals surface area contributed by atoms with E-state index in [2.05, 4.69) is 10.6 Å². The molecule has 0 saturated carbocycles. The van der Waals surface area contributed by atoms with Crippen molar-refractivity contribution in [2.45, 2.75) is 18.9 Å². The Bertz CT molecular complexity index is 411. The van der Waals surface area contributed by atoms with Gasteiger partial charge in [-0.2, -0.15) is 0 Å². The molecule has 1 amide bonds. The Hall–Kier alpha value is -1.55. The second-order valence-corrected chi connectivity index (χ2v) is 4.93. The second kappa shape index (κ2) is 5.87. The van der Waals surface area contributed by atoms with Crippen LogP contribution in [-0.4, -0.2) is 44.0 Å². The topological polar surface area (TPSA) is 44.4 Å². The van der Waals surface area contributed by atoms with E-state index in [4.69, 9.17) is 0 Å². The monoisotopic (exact) mass is 247 g/mol. The van der Waals surface area contributed by atoms with Crippen molar-refractivity contribution in [1.82, 2.24) is 10.2 Å². The molecule has 2 rings (SSSR count). The standard InChI is InChI=1S/C14H21N3O/c1-17(2)14(18)12-7-3-4-8-13(12)16-11-6-5-9-15-10-11/h3-4,7-8,11,15-16H,5-6,9-10H2,1-2H3. The molecule has 1 saturated heterocycles. The summed E-state index contributed by atoms with van der Waals surface area (Å²) in [7, 11) is 3.56. The number of hydrogen-bond donors (Lipinski definition) is 2. The quantitative estimate of drug-likeness (QED) is 0.852. The molecule has 1 aromatic carbocycles. The van der Waals surface area contributed by atoms with Crippen LogP contribution in [0.3, 0.4) is 0 Å². The van der Waals surface area contributed by atoms with Crippen LogP contribution in [0, 0.1) is 0 Å². The molecule has 0 bridgehead atoms. The average molecular weight is 247 g/mol. The van der Waals surface area contributed by atoms with Gasteiger partial charge in [-0.3, -0.25) is 4.79 Å². The summed E-state index contributed by atoms with van der Waals surface area (Å²) in [6.07, 6.45) is 2.33. The first kappa shape index (κ1) is 12.9. The smallest absolute Gasteiger partial charge is 0.255 e. The number of amides is 1. The lowest BCUT2D eigenvalue weighted by Gasteiger charge is -2.26. The first-order valence-electron chi connectivity index (χ1n) is 6.46. The number of carbonyl (C=O) groups excluding carboxylic acids is 1. The SMILES string of the molecule is CN(C)C(=O)c1ccccc1NC1CCCNC1. The van der Waals surface area contributed by atoms with Crippen LogP contribution in [0.1, 0.15) is 23.2 Å². The summed E-state index contributed by atoms with van der Waals surface area (Å²) in [6.45, 7) is 2.06. The molecular weight excluding hydrogens is 226 g/mol. The second-order valence-electron chi connectivity index (χ2n) is 4.93. The molecule has 1 heterocycles. The Morgan fingerprint density at radius 2 is 2.17 bits per heavy atom. The van der Waals surface area contributed by atoms with Crippen LogP contribution in [0.2, 0.25) is 0 Å². The zero-order chi connectivity index (χ0) is 13.0. The van der Waals surface area contributed by atoms with Gasteiger partial charge in [-0.25, -0.2) is 0 Å². The van der Waals surface area contributed by atoms with Gasteiger partial charge < -0.3 is 15.5 Å². The van der Waals surface area contributed by atoms with Crippen LogP contribution in [0.4, 0.5) is 5.69 Å². The normalized spacial score (nSPS) is 19.3. The number of para-hydroxylation sites is 1. The van der Waals surface area contributed by atoms with Gasteiger partial charge in [0.1, 0.15) is 0 Å². The molecular formula is C14H21N3O. The number of piperidine rings is 1. The van der Waals surface area contributed by atoms with E-state index in [1.54, 1.807) is 19.0 Å². The summed E-state index contributed by atoms with van der Waals surface area (Å²) in [6, 6.07) is 8.13. The minimum atomic E-state index is 0.0434. The van der Waals surface area contributed by atoms with Gasteiger partial charge in [-0.15, -0.1) is 0 Å². The van der Waals surface area contributed by atoms with Gasteiger partial charge in [-0.05, 0) is 31.5 Å². The molecule has 18 heavy (non-hydrogen) atoms. The number of hydrogen-bond acceptors (Lipinski definition) is 3. The molecule has 4 heteroatoms. The fourth-order valence-corrected chi connectivity index (χ4v) is 2.23. The van der Waals surface area contributed by atoms with E-state index in [-0.39, 0.29) is 5.91 Å². The third-order valence-corrected chi connectivity index (χ3v) is 3.22.